The third-order valence-electron chi connectivity index (χ3n) is 4.46. The van der Waals surface area contributed by atoms with E-state index in [2.05, 4.69) is 16.2 Å². The van der Waals surface area contributed by atoms with E-state index >= 15 is 0 Å². The Morgan fingerprint density at radius 1 is 1.10 bits per heavy atom. The quantitative estimate of drug-likeness (QED) is 0.627. The van der Waals surface area contributed by atoms with E-state index in [1.54, 1.807) is 42.5 Å². The number of hydrogen-bond acceptors (Lipinski definition) is 5. The largest absolute Gasteiger partial charge is 0.482 e. The van der Waals surface area contributed by atoms with Crippen molar-refractivity contribution in [3.8, 4) is 5.75 Å². The molecule has 30 heavy (non-hydrogen) atoms. The molecule has 9 nitrogen and oxygen atoms in total. The Balaban J connectivity index is 1.51. The maximum atomic E-state index is 12.2. The molecule has 1 atom stereocenters. The van der Waals surface area contributed by atoms with Crippen LogP contribution in [0.15, 0.2) is 48.5 Å². The lowest BCUT2D eigenvalue weighted by Crippen LogP contribution is -2.54. The maximum absolute atomic E-state index is 12.2. The highest BCUT2D eigenvalue weighted by atomic mass is 16.5. The Morgan fingerprint density at radius 2 is 1.87 bits per heavy atom. The molecule has 1 heterocycles. The molecule has 4 amide bonds. The number of anilines is 1. The van der Waals surface area contributed by atoms with Gasteiger partial charge >= 0.3 is 0 Å². The van der Waals surface area contributed by atoms with Gasteiger partial charge in [0.15, 0.2) is 6.61 Å². The smallest absolute Gasteiger partial charge is 0.265 e. The second kappa shape index (κ2) is 9.08. The molecule has 0 saturated heterocycles. The molecule has 0 unspecified atom stereocenters. The van der Waals surface area contributed by atoms with Crippen molar-refractivity contribution < 1.29 is 23.9 Å². The molecule has 9 heteroatoms. The van der Waals surface area contributed by atoms with Gasteiger partial charge in [0.2, 0.25) is 0 Å². The van der Waals surface area contributed by atoms with Crippen LogP contribution in [0.4, 0.5) is 5.69 Å². The summed E-state index contributed by atoms with van der Waals surface area (Å²) in [5.41, 5.74) is 6.35. The van der Waals surface area contributed by atoms with Gasteiger partial charge in [-0.2, -0.15) is 0 Å². The molecule has 0 bridgehead atoms. The summed E-state index contributed by atoms with van der Waals surface area (Å²) in [6.07, 6.45) is 0. The molecule has 2 aromatic rings. The van der Waals surface area contributed by atoms with Crippen LogP contribution in [0.25, 0.3) is 0 Å². The monoisotopic (exact) mass is 410 g/mol. The minimum absolute atomic E-state index is 0.168. The highest BCUT2D eigenvalue weighted by Crippen LogP contribution is 2.31. The summed E-state index contributed by atoms with van der Waals surface area (Å²) >= 11 is 0. The standard InChI is InChI=1S/C21H22N4O5/c1-13-6-5-7-15(10-13)21(29)22-14(2)20(28)24-23-18(26)11-25-16-8-3-4-9-17(16)30-12-19(25)27/h3-10,14H,11-12H2,1-2H3,(H,22,29)(H,23,26)(H,24,28)/t14-/m0/s1. The molecule has 0 radical (unpaired) electrons. The number of amides is 4. The molecule has 2 aromatic carbocycles. The first-order valence-corrected chi connectivity index (χ1v) is 9.33. The van der Waals surface area contributed by atoms with Crippen LogP contribution in [-0.4, -0.2) is 42.8 Å². The Labute approximate surface area is 173 Å². The minimum atomic E-state index is -0.885. The zero-order valence-electron chi connectivity index (χ0n) is 16.6. The van der Waals surface area contributed by atoms with E-state index in [-0.39, 0.29) is 19.1 Å². The van der Waals surface area contributed by atoms with Gasteiger partial charge in [-0.25, -0.2) is 0 Å². The summed E-state index contributed by atoms with van der Waals surface area (Å²) in [6, 6.07) is 12.9. The van der Waals surface area contributed by atoms with E-state index in [9.17, 15) is 19.2 Å². The van der Waals surface area contributed by atoms with E-state index in [1.165, 1.54) is 11.8 Å². The van der Waals surface area contributed by atoms with Crippen LogP contribution >= 0.6 is 0 Å². The highest BCUT2D eigenvalue weighted by molar-refractivity contribution is 6.02. The average Bonchev–Trinajstić information content (AvgIpc) is 2.74. The number of fused-ring (bicyclic) bond motifs is 1. The molecular weight excluding hydrogens is 388 g/mol. The molecule has 0 spiro atoms. The van der Waals surface area contributed by atoms with Crippen LogP contribution in [0, 0.1) is 6.92 Å². The van der Waals surface area contributed by atoms with Crippen LogP contribution in [0.3, 0.4) is 0 Å². The normalized spacial score (nSPS) is 13.5. The SMILES string of the molecule is Cc1cccc(C(=O)N[C@@H](C)C(=O)NNC(=O)CN2C(=O)COc3ccccc32)c1. The third-order valence-corrected chi connectivity index (χ3v) is 4.46. The lowest BCUT2D eigenvalue weighted by molar-refractivity contribution is -0.130. The van der Waals surface area contributed by atoms with Gasteiger partial charge in [0, 0.05) is 5.56 Å². The molecule has 0 fully saturated rings. The second-order valence-electron chi connectivity index (χ2n) is 6.84. The topological polar surface area (TPSA) is 117 Å². The summed E-state index contributed by atoms with van der Waals surface area (Å²) in [5, 5.41) is 2.57. The van der Waals surface area contributed by atoms with E-state index in [0.29, 0.717) is 17.0 Å². The predicted molar refractivity (Wildman–Crippen MR) is 109 cm³/mol. The first-order valence-electron chi connectivity index (χ1n) is 9.33. The fraction of sp³-hybridized carbons (Fsp3) is 0.238. The maximum Gasteiger partial charge on any atom is 0.265 e. The van der Waals surface area contributed by atoms with Gasteiger partial charge in [-0.05, 0) is 38.1 Å². The summed E-state index contributed by atoms with van der Waals surface area (Å²) in [5.74, 6) is -1.46. The van der Waals surface area contributed by atoms with Crippen molar-refractivity contribution in [3.63, 3.8) is 0 Å². The summed E-state index contributed by atoms with van der Waals surface area (Å²) < 4.78 is 5.33. The van der Waals surface area contributed by atoms with Crippen molar-refractivity contribution in [2.75, 3.05) is 18.1 Å². The van der Waals surface area contributed by atoms with Gasteiger partial charge in [0.25, 0.3) is 23.6 Å². The number of ether oxygens (including phenoxy) is 1. The number of carbonyl (C=O) groups is 4. The number of aryl methyl sites for hydroxylation is 1. The fourth-order valence-corrected chi connectivity index (χ4v) is 2.88. The predicted octanol–water partition coefficient (Wildman–Crippen LogP) is 0.686. The number of rotatable bonds is 5. The fourth-order valence-electron chi connectivity index (χ4n) is 2.88. The number of hydrogen-bond donors (Lipinski definition) is 3. The molecule has 1 aliphatic rings. The molecule has 1 aliphatic heterocycles. The van der Waals surface area contributed by atoms with Gasteiger partial charge in [-0.3, -0.25) is 34.9 Å². The third kappa shape index (κ3) is 4.93. The highest BCUT2D eigenvalue weighted by Gasteiger charge is 2.27. The van der Waals surface area contributed by atoms with Crippen LogP contribution in [0.2, 0.25) is 0 Å². The summed E-state index contributed by atoms with van der Waals surface area (Å²) in [6.45, 7) is 2.90. The van der Waals surface area contributed by atoms with Gasteiger partial charge in [-0.15, -0.1) is 0 Å². The van der Waals surface area contributed by atoms with E-state index in [0.717, 1.165) is 5.56 Å². The molecule has 0 saturated carbocycles. The average molecular weight is 410 g/mol. The molecule has 156 valence electrons. The van der Waals surface area contributed by atoms with E-state index < -0.39 is 23.8 Å². The molecular formula is C21H22N4O5. The lowest BCUT2D eigenvalue weighted by Gasteiger charge is -2.28. The number of hydrazine groups is 1. The zero-order valence-corrected chi connectivity index (χ0v) is 16.6. The van der Waals surface area contributed by atoms with Crippen molar-refractivity contribution in [2.24, 2.45) is 0 Å². The van der Waals surface area contributed by atoms with Crippen LogP contribution in [0.1, 0.15) is 22.8 Å². The van der Waals surface area contributed by atoms with Crippen molar-refractivity contribution in [1.29, 1.82) is 0 Å². The van der Waals surface area contributed by atoms with Crippen LogP contribution in [0.5, 0.6) is 5.75 Å². The first kappa shape index (κ1) is 20.8. The summed E-state index contributed by atoms with van der Waals surface area (Å²) in [4.78, 5) is 50.0. The molecule has 3 rings (SSSR count). The second-order valence-corrected chi connectivity index (χ2v) is 6.84. The lowest BCUT2D eigenvalue weighted by atomic mass is 10.1. The van der Waals surface area contributed by atoms with Gasteiger partial charge in [-0.1, -0.05) is 29.8 Å². The molecule has 0 aliphatic carbocycles. The summed E-state index contributed by atoms with van der Waals surface area (Å²) in [7, 11) is 0. The van der Waals surface area contributed by atoms with E-state index in [1.807, 2.05) is 13.0 Å². The number of nitrogens with one attached hydrogen (secondary N) is 3. The first-order chi connectivity index (χ1) is 14.3. The Hall–Kier alpha value is -3.88. The van der Waals surface area contributed by atoms with Crippen molar-refractivity contribution in [3.05, 3.63) is 59.7 Å². The Morgan fingerprint density at radius 3 is 2.63 bits per heavy atom. The van der Waals surface area contributed by atoms with Crippen molar-refractivity contribution in [2.45, 2.75) is 19.9 Å². The van der Waals surface area contributed by atoms with Gasteiger partial charge in [0.1, 0.15) is 18.3 Å². The molecule has 3 N–H and O–H groups in total. The van der Waals surface area contributed by atoms with Crippen molar-refractivity contribution >= 4 is 29.3 Å². The number of carbonyl (C=O) groups excluding carboxylic acids is 4. The Bertz CT molecular complexity index is 991. The van der Waals surface area contributed by atoms with E-state index in [4.69, 9.17) is 4.74 Å². The Kier molecular flexibility index (Phi) is 6.31. The number of benzene rings is 2. The number of para-hydroxylation sites is 2. The number of nitrogens with zero attached hydrogens (tertiary/aromatic N) is 1. The van der Waals surface area contributed by atoms with Crippen molar-refractivity contribution in [1.82, 2.24) is 16.2 Å². The molecule has 0 aromatic heterocycles. The zero-order chi connectivity index (χ0) is 21.7. The minimum Gasteiger partial charge on any atom is -0.482 e. The van der Waals surface area contributed by atoms with Gasteiger partial charge in [0.05, 0.1) is 5.69 Å². The van der Waals surface area contributed by atoms with Crippen LogP contribution < -0.4 is 25.8 Å². The van der Waals surface area contributed by atoms with Gasteiger partial charge < -0.3 is 10.1 Å². The van der Waals surface area contributed by atoms with Crippen LogP contribution in [-0.2, 0) is 14.4 Å².